The van der Waals surface area contributed by atoms with Gasteiger partial charge in [0, 0.05) is 23.0 Å². The van der Waals surface area contributed by atoms with Crippen molar-refractivity contribution in [3.05, 3.63) is 23.3 Å². The summed E-state index contributed by atoms with van der Waals surface area (Å²) in [6.07, 6.45) is 8.37. The van der Waals surface area contributed by atoms with E-state index >= 15 is 0 Å². The van der Waals surface area contributed by atoms with Crippen LogP contribution in [-0.2, 0) is 19.6 Å². The van der Waals surface area contributed by atoms with Gasteiger partial charge in [-0.05, 0) is 25.2 Å². The minimum absolute atomic E-state index is 0.0223. The summed E-state index contributed by atoms with van der Waals surface area (Å²) in [4.78, 5) is 11.8. The molecule has 1 fully saturated rings. The molecule has 3 aliphatic carbocycles. The second-order valence-electron chi connectivity index (χ2n) is 7.75. The summed E-state index contributed by atoms with van der Waals surface area (Å²) in [5.41, 5.74) is 0.460. The fourth-order valence-electron chi connectivity index (χ4n) is 4.37. The monoisotopic (exact) mass is 433 g/mol. The van der Waals surface area contributed by atoms with Crippen LogP contribution in [0.25, 0.3) is 0 Å². The van der Waals surface area contributed by atoms with Crippen LogP contribution in [0.3, 0.4) is 0 Å². The molecule has 8 nitrogen and oxygen atoms in total. The van der Waals surface area contributed by atoms with Crippen molar-refractivity contribution in [1.82, 2.24) is 4.73 Å². The maximum atomic E-state index is 14.3. The average Bonchev–Trinajstić information content (AvgIpc) is 3.37. The summed E-state index contributed by atoms with van der Waals surface area (Å²) < 4.78 is 61.6. The molecule has 1 saturated carbocycles. The van der Waals surface area contributed by atoms with Gasteiger partial charge in [-0.2, -0.15) is 17.2 Å². The lowest BCUT2D eigenvalue weighted by Gasteiger charge is -2.22. The molecule has 2 bridgehead atoms. The van der Waals surface area contributed by atoms with Crippen molar-refractivity contribution in [1.29, 1.82) is 0 Å². The summed E-state index contributed by atoms with van der Waals surface area (Å²) in [6.45, 7) is -0.298. The van der Waals surface area contributed by atoms with Gasteiger partial charge in [-0.3, -0.25) is 4.28 Å². The Balaban J connectivity index is 1.50. The summed E-state index contributed by atoms with van der Waals surface area (Å²) in [7, 11) is -5.90. The third-order valence-corrected chi connectivity index (χ3v) is 7.02. The van der Waals surface area contributed by atoms with Crippen molar-refractivity contribution in [3.8, 4) is 11.8 Å². The Morgan fingerprint density at radius 3 is 2.21 bits per heavy atom. The zero-order valence-electron chi connectivity index (χ0n) is 15.4. The number of nitrogens with zero attached hydrogens (tertiary/aromatic N) is 1. The summed E-state index contributed by atoms with van der Waals surface area (Å²) >= 11 is 0. The van der Waals surface area contributed by atoms with E-state index in [4.69, 9.17) is 0 Å². The second kappa shape index (κ2) is 6.89. The van der Waals surface area contributed by atoms with Gasteiger partial charge in [0.2, 0.25) is 11.8 Å². The van der Waals surface area contributed by atoms with Crippen LogP contribution < -0.4 is 4.28 Å². The first kappa shape index (κ1) is 20.0. The van der Waals surface area contributed by atoms with E-state index in [-0.39, 0.29) is 40.2 Å². The predicted molar refractivity (Wildman–Crippen MR) is 95.0 cm³/mol. The fourth-order valence-corrected chi connectivity index (χ4v) is 5.06. The van der Waals surface area contributed by atoms with Crippen molar-refractivity contribution in [3.63, 3.8) is 0 Å². The van der Waals surface area contributed by atoms with E-state index in [2.05, 4.69) is 9.02 Å². The molecule has 0 amide bonds. The molecule has 2 unspecified atom stereocenters. The molecule has 29 heavy (non-hydrogen) atoms. The van der Waals surface area contributed by atoms with Gasteiger partial charge in [0.1, 0.15) is 0 Å². The van der Waals surface area contributed by atoms with Gasteiger partial charge in [0.05, 0.1) is 6.61 Å². The molecule has 1 aromatic heterocycles. The highest BCUT2D eigenvalue weighted by atomic mass is 32.2. The first-order valence-electron chi connectivity index (χ1n) is 9.47. The molecule has 4 rings (SSSR count). The number of hydrogen-bond acceptors (Lipinski definition) is 7. The largest absolute Gasteiger partial charge is 0.492 e. The number of fused-ring (bicyclic) bond motifs is 5. The Kier molecular flexibility index (Phi) is 4.75. The SMILES string of the molecule is O=C(OCC1CCCCC1)C(F)(F)S(=O)(=O)On1c(O)c2c(c1O)C1C=CC2C1. The van der Waals surface area contributed by atoms with Gasteiger partial charge in [-0.1, -0.05) is 36.1 Å². The van der Waals surface area contributed by atoms with Gasteiger partial charge in [-0.25, -0.2) is 4.79 Å². The van der Waals surface area contributed by atoms with Crippen molar-refractivity contribution in [2.75, 3.05) is 6.61 Å². The van der Waals surface area contributed by atoms with E-state index in [0.29, 0.717) is 6.42 Å². The number of carbonyl (C=O) groups excluding carboxylic acids is 1. The molecule has 11 heteroatoms. The van der Waals surface area contributed by atoms with Gasteiger partial charge in [-0.15, -0.1) is 0 Å². The first-order valence-corrected chi connectivity index (χ1v) is 10.9. The van der Waals surface area contributed by atoms with E-state index in [0.717, 1.165) is 32.1 Å². The number of alkyl halides is 2. The molecule has 0 spiro atoms. The summed E-state index contributed by atoms with van der Waals surface area (Å²) in [6, 6.07) is 0. The smallest absolute Gasteiger partial charge is 0.478 e. The van der Waals surface area contributed by atoms with Crippen molar-refractivity contribution >= 4 is 16.1 Å². The Morgan fingerprint density at radius 2 is 1.66 bits per heavy atom. The number of hydrogen-bond donors (Lipinski definition) is 2. The number of rotatable bonds is 6. The number of esters is 1. The van der Waals surface area contributed by atoms with Crippen molar-refractivity contribution in [2.24, 2.45) is 5.92 Å². The lowest BCUT2D eigenvalue weighted by molar-refractivity contribution is -0.163. The third kappa shape index (κ3) is 3.15. The highest BCUT2D eigenvalue weighted by molar-refractivity contribution is 7.88. The van der Waals surface area contributed by atoms with Crippen LogP contribution >= 0.6 is 0 Å². The average molecular weight is 433 g/mol. The van der Waals surface area contributed by atoms with Crippen LogP contribution in [0.4, 0.5) is 8.78 Å². The minimum Gasteiger partial charge on any atom is -0.492 e. The highest BCUT2D eigenvalue weighted by Gasteiger charge is 2.58. The molecule has 1 aromatic rings. The van der Waals surface area contributed by atoms with Crippen molar-refractivity contribution < 1.29 is 41.2 Å². The molecule has 0 radical (unpaired) electrons. The standard InChI is InChI=1S/C18H21F2NO7S/c19-18(20,17(24)27-9-10-4-2-1-3-5-10)29(25,26)28-21-15(22)13-11-6-7-12(8-11)14(13)16(21)23/h6-7,10-12,22-23H,1-5,8-9H2. The summed E-state index contributed by atoms with van der Waals surface area (Å²) in [5, 5.41) is 15.4. The minimum atomic E-state index is -5.90. The van der Waals surface area contributed by atoms with Crippen LogP contribution in [0.5, 0.6) is 11.8 Å². The van der Waals surface area contributed by atoms with E-state index < -0.39 is 33.1 Å². The van der Waals surface area contributed by atoms with Crippen LogP contribution in [0, 0.1) is 5.92 Å². The van der Waals surface area contributed by atoms with E-state index in [1.165, 1.54) is 0 Å². The molecule has 2 atom stereocenters. The quantitative estimate of drug-likeness (QED) is 0.523. The first-order chi connectivity index (χ1) is 13.6. The van der Waals surface area contributed by atoms with Crippen LogP contribution in [0.2, 0.25) is 0 Å². The van der Waals surface area contributed by atoms with Crippen molar-refractivity contribution in [2.45, 2.75) is 55.6 Å². The lowest BCUT2D eigenvalue weighted by Crippen LogP contribution is -2.44. The van der Waals surface area contributed by atoms with Gasteiger partial charge in [0.25, 0.3) is 0 Å². The van der Waals surface area contributed by atoms with Crippen LogP contribution in [0.15, 0.2) is 12.2 Å². The van der Waals surface area contributed by atoms with Crippen LogP contribution in [-0.4, -0.2) is 41.2 Å². The van der Waals surface area contributed by atoms with E-state index in [1.54, 1.807) is 12.2 Å². The number of ether oxygens (including phenoxy) is 1. The Labute approximate surface area is 165 Å². The molecule has 3 aliphatic rings. The lowest BCUT2D eigenvalue weighted by atomic mass is 9.90. The third-order valence-electron chi connectivity index (χ3n) is 5.88. The van der Waals surface area contributed by atoms with Gasteiger partial charge in [0.15, 0.2) is 0 Å². The number of carbonyl (C=O) groups is 1. The molecular formula is C18H21F2NO7S. The van der Waals surface area contributed by atoms with Crippen LogP contribution in [0.1, 0.15) is 61.5 Å². The normalized spacial score (nSPS) is 23.9. The number of allylic oxidation sites excluding steroid dienone is 2. The van der Waals surface area contributed by atoms with E-state index in [9.17, 15) is 32.2 Å². The molecular weight excluding hydrogens is 412 g/mol. The zero-order valence-corrected chi connectivity index (χ0v) is 16.2. The Bertz CT molecular complexity index is 928. The zero-order chi connectivity index (χ0) is 21.0. The molecule has 0 aromatic carbocycles. The second-order valence-corrected chi connectivity index (χ2v) is 9.32. The molecule has 0 aliphatic heterocycles. The Morgan fingerprint density at radius 1 is 1.10 bits per heavy atom. The Hall–Kier alpha value is -2.30. The topological polar surface area (TPSA) is 115 Å². The molecule has 2 N–H and O–H groups in total. The number of aromatic hydroxyl groups is 2. The maximum absolute atomic E-state index is 14.3. The van der Waals surface area contributed by atoms with Gasteiger partial charge >= 0.3 is 21.3 Å². The molecule has 1 heterocycles. The highest BCUT2D eigenvalue weighted by Crippen LogP contribution is 2.56. The molecule has 0 saturated heterocycles. The number of aromatic nitrogens is 1. The predicted octanol–water partition coefficient (Wildman–Crippen LogP) is 2.51. The maximum Gasteiger partial charge on any atom is 0.478 e. The number of halogens is 2. The molecule has 160 valence electrons. The summed E-state index contributed by atoms with van der Waals surface area (Å²) in [5.74, 6) is -4.45. The fraction of sp³-hybridized carbons (Fsp3) is 0.611. The van der Waals surface area contributed by atoms with Gasteiger partial charge < -0.3 is 14.9 Å². The van der Waals surface area contributed by atoms with E-state index in [1.807, 2.05) is 0 Å².